The molecule has 106 valence electrons. The van der Waals surface area contributed by atoms with Crippen molar-refractivity contribution < 1.29 is 9.34 Å². The number of nitrogens with zero attached hydrogens (tertiary/aromatic N) is 3. The molecule has 1 aliphatic heterocycles. The van der Waals surface area contributed by atoms with Crippen molar-refractivity contribution in [3.8, 4) is 0 Å². The van der Waals surface area contributed by atoms with E-state index in [1.807, 2.05) is 0 Å². The van der Waals surface area contributed by atoms with Gasteiger partial charge in [0, 0.05) is 31.3 Å². The van der Waals surface area contributed by atoms with Gasteiger partial charge in [0.25, 0.3) is 11.7 Å². The Kier molecular flexibility index (Phi) is 3.27. The Hall–Kier alpha value is -2.15. The van der Waals surface area contributed by atoms with Crippen molar-refractivity contribution in [3.63, 3.8) is 0 Å². The highest BCUT2D eigenvalue weighted by Gasteiger charge is 2.25. The van der Waals surface area contributed by atoms with Crippen LogP contribution in [0.25, 0.3) is 11.1 Å². The zero-order chi connectivity index (χ0) is 14.1. The van der Waals surface area contributed by atoms with Gasteiger partial charge in [0.1, 0.15) is 5.52 Å². The number of nitro benzene ring substituents is 1. The van der Waals surface area contributed by atoms with Gasteiger partial charge in [0.2, 0.25) is 0 Å². The van der Waals surface area contributed by atoms with Crippen LogP contribution in [0.2, 0.25) is 0 Å². The lowest BCUT2D eigenvalue weighted by molar-refractivity contribution is -0.384. The summed E-state index contributed by atoms with van der Waals surface area (Å²) in [5.41, 5.74) is 6.88. The molecule has 7 heteroatoms. The van der Waals surface area contributed by atoms with Crippen LogP contribution in [0.5, 0.6) is 0 Å². The Morgan fingerprint density at radius 3 is 3.10 bits per heavy atom. The van der Waals surface area contributed by atoms with Crippen LogP contribution < -0.4 is 10.6 Å². The van der Waals surface area contributed by atoms with E-state index >= 15 is 0 Å². The molecule has 0 aliphatic carbocycles. The Morgan fingerprint density at radius 2 is 2.35 bits per heavy atom. The molecule has 20 heavy (non-hydrogen) atoms. The molecule has 1 atom stereocenters. The first kappa shape index (κ1) is 12.9. The molecule has 7 nitrogen and oxygen atoms in total. The number of hydrogen-bond donors (Lipinski definition) is 1. The minimum Gasteiger partial charge on any atom is -0.423 e. The standard InChI is InChI=1S/C13H16N4O3/c14-8-10-3-1-2-6-16(10)13-15-11-7-9(17(18)19)4-5-12(11)20-13/h4-5,7,10H,1-3,6,8,14H2. The van der Waals surface area contributed by atoms with E-state index in [1.54, 1.807) is 6.07 Å². The zero-order valence-corrected chi connectivity index (χ0v) is 11.0. The van der Waals surface area contributed by atoms with Gasteiger partial charge in [-0.15, -0.1) is 0 Å². The fourth-order valence-corrected chi connectivity index (χ4v) is 2.64. The van der Waals surface area contributed by atoms with Crippen molar-refractivity contribution in [1.29, 1.82) is 0 Å². The summed E-state index contributed by atoms with van der Waals surface area (Å²) in [5, 5.41) is 10.8. The number of anilines is 1. The maximum atomic E-state index is 10.8. The van der Waals surface area contributed by atoms with E-state index in [4.69, 9.17) is 10.2 Å². The van der Waals surface area contributed by atoms with Crippen molar-refractivity contribution in [2.75, 3.05) is 18.0 Å². The molecule has 0 saturated carbocycles. The number of oxazole rings is 1. The second-order valence-electron chi connectivity index (χ2n) is 4.98. The first-order valence-electron chi connectivity index (χ1n) is 6.71. The van der Waals surface area contributed by atoms with E-state index in [1.165, 1.54) is 12.1 Å². The molecule has 0 radical (unpaired) electrons. The lowest BCUT2D eigenvalue weighted by Gasteiger charge is -2.33. The summed E-state index contributed by atoms with van der Waals surface area (Å²) in [4.78, 5) is 16.8. The highest BCUT2D eigenvalue weighted by atomic mass is 16.6. The number of aromatic nitrogens is 1. The number of hydrogen-bond acceptors (Lipinski definition) is 6. The van der Waals surface area contributed by atoms with Gasteiger partial charge in [-0.3, -0.25) is 10.1 Å². The number of piperidine rings is 1. The van der Waals surface area contributed by atoms with E-state index in [2.05, 4.69) is 9.88 Å². The molecule has 2 aromatic rings. The largest absolute Gasteiger partial charge is 0.423 e. The molecule has 1 aromatic heterocycles. The first-order chi connectivity index (χ1) is 9.69. The monoisotopic (exact) mass is 276 g/mol. The molecular formula is C13H16N4O3. The second kappa shape index (κ2) is 5.09. The molecular weight excluding hydrogens is 260 g/mol. The predicted molar refractivity (Wildman–Crippen MR) is 74.7 cm³/mol. The minimum atomic E-state index is -0.433. The number of nitro groups is 1. The number of benzene rings is 1. The fourth-order valence-electron chi connectivity index (χ4n) is 2.64. The van der Waals surface area contributed by atoms with Gasteiger partial charge < -0.3 is 15.1 Å². The van der Waals surface area contributed by atoms with Gasteiger partial charge in [0.05, 0.1) is 4.92 Å². The Balaban J connectivity index is 1.97. The van der Waals surface area contributed by atoms with Crippen molar-refractivity contribution in [1.82, 2.24) is 4.98 Å². The molecule has 0 amide bonds. The van der Waals surface area contributed by atoms with Gasteiger partial charge in [-0.2, -0.15) is 4.98 Å². The van der Waals surface area contributed by atoms with E-state index in [0.29, 0.717) is 23.7 Å². The van der Waals surface area contributed by atoms with Crippen molar-refractivity contribution in [2.24, 2.45) is 5.73 Å². The van der Waals surface area contributed by atoms with E-state index in [-0.39, 0.29) is 11.7 Å². The average molecular weight is 276 g/mol. The molecule has 1 saturated heterocycles. The second-order valence-corrected chi connectivity index (χ2v) is 4.98. The van der Waals surface area contributed by atoms with Crippen LogP contribution in [0.4, 0.5) is 11.7 Å². The maximum Gasteiger partial charge on any atom is 0.298 e. The molecule has 1 aromatic carbocycles. The lowest BCUT2D eigenvalue weighted by Crippen LogP contribution is -2.44. The van der Waals surface area contributed by atoms with Crippen LogP contribution in [-0.2, 0) is 0 Å². The van der Waals surface area contributed by atoms with Crippen molar-refractivity contribution >= 4 is 22.8 Å². The highest BCUT2D eigenvalue weighted by Crippen LogP contribution is 2.29. The molecule has 0 bridgehead atoms. The Labute approximate surface area is 115 Å². The normalized spacial score (nSPS) is 19.4. The van der Waals surface area contributed by atoms with Crippen LogP contribution in [0.1, 0.15) is 19.3 Å². The summed E-state index contributed by atoms with van der Waals surface area (Å²) in [6, 6.07) is 5.19. The summed E-state index contributed by atoms with van der Waals surface area (Å²) in [6.45, 7) is 1.41. The number of rotatable bonds is 3. The third-order valence-electron chi connectivity index (χ3n) is 3.72. The summed E-state index contributed by atoms with van der Waals surface area (Å²) in [6.07, 6.45) is 3.26. The predicted octanol–water partition coefficient (Wildman–Crippen LogP) is 2.05. The lowest BCUT2D eigenvalue weighted by atomic mass is 10.0. The van der Waals surface area contributed by atoms with E-state index in [0.717, 1.165) is 25.8 Å². The van der Waals surface area contributed by atoms with Crippen LogP contribution in [0.3, 0.4) is 0 Å². The molecule has 3 rings (SSSR count). The van der Waals surface area contributed by atoms with Crippen LogP contribution in [0, 0.1) is 10.1 Å². The maximum absolute atomic E-state index is 10.8. The Bertz CT molecular complexity index is 640. The highest BCUT2D eigenvalue weighted by molar-refractivity contribution is 5.77. The SMILES string of the molecule is NCC1CCCCN1c1nc2cc([N+](=O)[O-])ccc2o1. The van der Waals surface area contributed by atoms with Crippen molar-refractivity contribution in [3.05, 3.63) is 28.3 Å². The first-order valence-corrected chi connectivity index (χ1v) is 6.71. The fraction of sp³-hybridized carbons (Fsp3) is 0.462. The van der Waals surface area contributed by atoms with Gasteiger partial charge in [-0.1, -0.05) is 0 Å². The molecule has 1 fully saturated rings. The quantitative estimate of drug-likeness (QED) is 0.680. The molecule has 0 spiro atoms. The van der Waals surface area contributed by atoms with Crippen LogP contribution in [0.15, 0.2) is 22.6 Å². The third kappa shape index (κ3) is 2.20. The van der Waals surface area contributed by atoms with Crippen LogP contribution >= 0.6 is 0 Å². The summed E-state index contributed by atoms with van der Waals surface area (Å²) in [5.74, 6) is 0. The summed E-state index contributed by atoms with van der Waals surface area (Å²) in [7, 11) is 0. The average Bonchev–Trinajstić information content (AvgIpc) is 2.89. The van der Waals surface area contributed by atoms with Crippen molar-refractivity contribution in [2.45, 2.75) is 25.3 Å². The van der Waals surface area contributed by atoms with Gasteiger partial charge in [0.15, 0.2) is 5.58 Å². The summed E-state index contributed by atoms with van der Waals surface area (Å²) >= 11 is 0. The van der Waals surface area contributed by atoms with Gasteiger partial charge >= 0.3 is 0 Å². The summed E-state index contributed by atoms with van der Waals surface area (Å²) < 4.78 is 5.71. The molecule has 2 heterocycles. The topological polar surface area (TPSA) is 98.4 Å². The molecule has 1 unspecified atom stereocenters. The number of fused-ring (bicyclic) bond motifs is 1. The third-order valence-corrected chi connectivity index (χ3v) is 3.72. The van der Waals surface area contributed by atoms with Crippen LogP contribution in [-0.4, -0.2) is 29.0 Å². The minimum absolute atomic E-state index is 0.0198. The van der Waals surface area contributed by atoms with E-state index in [9.17, 15) is 10.1 Å². The van der Waals surface area contributed by atoms with Gasteiger partial charge in [-0.25, -0.2) is 0 Å². The molecule has 2 N–H and O–H groups in total. The van der Waals surface area contributed by atoms with E-state index < -0.39 is 4.92 Å². The van der Waals surface area contributed by atoms with Gasteiger partial charge in [-0.05, 0) is 25.3 Å². The smallest absolute Gasteiger partial charge is 0.298 e. The Morgan fingerprint density at radius 1 is 1.50 bits per heavy atom. The zero-order valence-electron chi connectivity index (χ0n) is 11.0. The number of nitrogens with two attached hydrogens (primary N) is 1. The number of non-ortho nitro benzene ring substituents is 1. The molecule has 1 aliphatic rings.